The van der Waals surface area contributed by atoms with Crippen molar-refractivity contribution in [3.05, 3.63) is 70.5 Å². The van der Waals surface area contributed by atoms with E-state index in [9.17, 15) is 9.59 Å². The number of H-pyrrole nitrogens is 1. The molecule has 0 saturated carbocycles. The first kappa shape index (κ1) is 41.9. The number of aryl methyl sites for hydroxylation is 2. The highest BCUT2D eigenvalue weighted by molar-refractivity contribution is 7.98. The van der Waals surface area contributed by atoms with Crippen LogP contribution < -0.4 is 4.74 Å². The van der Waals surface area contributed by atoms with Gasteiger partial charge in [-0.3, -0.25) is 4.98 Å². The predicted molar refractivity (Wildman–Crippen MR) is 217 cm³/mol. The highest BCUT2D eigenvalue weighted by atomic mass is 32.2. The van der Waals surface area contributed by atoms with E-state index in [4.69, 9.17) is 24.2 Å². The van der Waals surface area contributed by atoms with E-state index in [2.05, 4.69) is 18.0 Å². The number of esters is 2. The van der Waals surface area contributed by atoms with Crippen molar-refractivity contribution in [1.29, 1.82) is 0 Å². The summed E-state index contributed by atoms with van der Waals surface area (Å²) in [5.74, 6) is -0.121. The van der Waals surface area contributed by atoms with Gasteiger partial charge in [-0.2, -0.15) is 0 Å². The van der Waals surface area contributed by atoms with Gasteiger partial charge in [-0.15, -0.1) is 0 Å². The molecule has 0 unspecified atom stereocenters. The van der Waals surface area contributed by atoms with E-state index in [0.717, 1.165) is 41.4 Å². The summed E-state index contributed by atoms with van der Waals surface area (Å²) in [6.45, 7) is 12.0. The molecule has 53 heavy (non-hydrogen) atoms. The maximum Gasteiger partial charge on any atom is 0.340 e. The van der Waals surface area contributed by atoms with Crippen molar-refractivity contribution < 1.29 is 23.8 Å². The molecule has 0 bridgehead atoms. The molecule has 2 aromatic heterocycles. The first-order valence-corrected chi connectivity index (χ1v) is 21.0. The predicted octanol–water partition coefficient (Wildman–Crippen LogP) is 12.0. The number of carbonyl (C=O) groups is 2. The SMILES string of the molecule is CCCCCCCCCCCCCCCc1cccc(OCC)c1-c1c(C(=O)OC(C)C)c(C)nc(CSc2nc3ccccc3[nH]2)c1C(=O)OCC. The van der Waals surface area contributed by atoms with Gasteiger partial charge in [0.15, 0.2) is 5.16 Å². The topological polar surface area (TPSA) is 103 Å². The Morgan fingerprint density at radius 3 is 2.02 bits per heavy atom. The molecule has 0 radical (unpaired) electrons. The third kappa shape index (κ3) is 12.3. The van der Waals surface area contributed by atoms with Crippen molar-refractivity contribution in [3.63, 3.8) is 0 Å². The molecule has 0 saturated heterocycles. The summed E-state index contributed by atoms with van der Waals surface area (Å²) in [5.41, 5.74) is 5.53. The Bertz CT molecular complexity index is 1720. The van der Waals surface area contributed by atoms with Crippen molar-refractivity contribution in [2.45, 2.75) is 148 Å². The van der Waals surface area contributed by atoms with E-state index < -0.39 is 11.9 Å². The number of aromatic amines is 1. The lowest BCUT2D eigenvalue weighted by molar-refractivity contribution is 0.0377. The van der Waals surface area contributed by atoms with Crippen LogP contribution in [0, 0.1) is 6.92 Å². The number of benzene rings is 2. The van der Waals surface area contributed by atoms with E-state index in [1.165, 1.54) is 82.4 Å². The average molecular weight is 744 g/mol. The van der Waals surface area contributed by atoms with Gasteiger partial charge >= 0.3 is 11.9 Å². The molecule has 1 N–H and O–H groups in total. The Morgan fingerprint density at radius 2 is 1.40 bits per heavy atom. The number of hydrogen-bond donors (Lipinski definition) is 1. The number of fused-ring (bicyclic) bond motifs is 1. The lowest BCUT2D eigenvalue weighted by Gasteiger charge is -2.23. The van der Waals surface area contributed by atoms with Crippen LogP contribution in [0.5, 0.6) is 5.75 Å². The molecule has 0 aliphatic heterocycles. The third-order valence-electron chi connectivity index (χ3n) is 9.40. The summed E-state index contributed by atoms with van der Waals surface area (Å²) >= 11 is 1.45. The second-order valence-electron chi connectivity index (χ2n) is 14.0. The van der Waals surface area contributed by atoms with Crippen LogP contribution in [0.4, 0.5) is 0 Å². The first-order chi connectivity index (χ1) is 25.8. The number of aromatic nitrogens is 3. The molecule has 288 valence electrons. The minimum Gasteiger partial charge on any atom is -0.493 e. The number of carbonyl (C=O) groups excluding carboxylic acids is 2. The number of ether oxygens (including phenoxy) is 3. The summed E-state index contributed by atoms with van der Waals surface area (Å²) in [6.07, 6.45) is 17.0. The van der Waals surface area contributed by atoms with Crippen LogP contribution >= 0.6 is 11.8 Å². The van der Waals surface area contributed by atoms with E-state index in [-0.39, 0.29) is 23.8 Å². The second kappa shape index (κ2) is 22.4. The van der Waals surface area contributed by atoms with Crippen molar-refractivity contribution in [2.75, 3.05) is 13.2 Å². The largest absolute Gasteiger partial charge is 0.493 e. The molecule has 4 rings (SSSR count). The fourth-order valence-electron chi connectivity index (χ4n) is 6.88. The van der Waals surface area contributed by atoms with Crippen molar-refractivity contribution >= 4 is 34.7 Å². The molecule has 0 aliphatic rings. The maximum atomic E-state index is 14.1. The molecule has 0 aliphatic carbocycles. The summed E-state index contributed by atoms with van der Waals surface area (Å²) < 4.78 is 17.8. The number of rotatable bonds is 24. The normalized spacial score (nSPS) is 11.4. The molecular weight excluding hydrogens is 683 g/mol. The Morgan fingerprint density at radius 1 is 0.736 bits per heavy atom. The quantitative estimate of drug-likeness (QED) is 0.0430. The summed E-state index contributed by atoms with van der Waals surface area (Å²) in [6, 6.07) is 13.9. The van der Waals surface area contributed by atoms with Crippen LogP contribution in [0.2, 0.25) is 0 Å². The summed E-state index contributed by atoms with van der Waals surface area (Å²) in [7, 11) is 0. The van der Waals surface area contributed by atoms with Crippen LogP contribution in [0.25, 0.3) is 22.2 Å². The Kier molecular flexibility index (Phi) is 17.7. The minimum absolute atomic E-state index is 0.174. The Labute approximate surface area is 321 Å². The highest BCUT2D eigenvalue weighted by Gasteiger charge is 2.32. The lowest BCUT2D eigenvalue weighted by Crippen LogP contribution is -2.21. The fourth-order valence-corrected chi connectivity index (χ4v) is 7.70. The van der Waals surface area contributed by atoms with E-state index in [1.807, 2.05) is 57.2 Å². The first-order valence-electron chi connectivity index (χ1n) is 20.0. The van der Waals surface area contributed by atoms with E-state index in [1.54, 1.807) is 13.8 Å². The number of imidazole rings is 1. The maximum absolute atomic E-state index is 14.1. The zero-order valence-corrected chi connectivity index (χ0v) is 33.8. The fraction of sp³-hybridized carbons (Fsp3) is 0.545. The molecule has 0 fully saturated rings. The van der Waals surface area contributed by atoms with Crippen LogP contribution in [0.3, 0.4) is 0 Å². The lowest BCUT2D eigenvalue weighted by atomic mass is 9.87. The van der Waals surface area contributed by atoms with Crippen LogP contribution in [-0.2, 0) is 21.6 Å². The summed E-state index contributed by atoms with van der Waals surface area (Å²) in [5, 5.41) is 0.711. The number of nitrogens with zero attached hydrogens (tertiary/aromatic N) is 2. The van der Waals surface area contributed by atoms with Gasteiger partial charge in [-0.25, -0.2) is 14.6 Å². The second-order valence-corrected chi connectivity index (χ2v) is 15.0. The Balaban J connectivity index is 1.65. The van der Waals surface area contributed by atoms with Gasteiger partial charge in [0, 0.05) is 16.9 Å². The number of hydrogen-bond acceptors (Lipinski definition) is 8. The van der Waals surface area contributed by atoms with Crippen molar-refractivity contribution in [3.8, 4) is 16.9 Å². The molecule has 0 amide bonds. The van der Waals surface area contributed by atoms with Gasteiger partial charge in [0.05, 0.1) is 52.9 Å². The minimum atomic E-state index is -0.535. The van der Waals surface area contributed by atoms with Gasteiger partial charge in [-0.05, 0) is 71.2 Å². The zero-order chi connectivity index (χ0) is 38.0. The van der Waals surface area contributed by atoms with Gasteiger partial charge in [-0.1, -0.05) is 120 Å². The number of pyridine rings is 1. The van der Waals surface area contributed by atoms with Gasteiger partial charge in [0.1, 0.15) is 5.75 Å². The van der Waals surface area contributed by atoms with Crippen LogP contribution in [-0.4, -0.2) is 46.2 Å². The van der Waals surface area contributed by atoms with Gasteiger partial charge < -0.3 is 19.2 Å². The molecule has 2 aromatic carbocycles. The van der Waals surface area contributed by atoms with Crippen LogP contribution in [0.1, 0.15) is 156 Å². The van der Waals surface area contributed by atoms with Crippen molar-refractivity contribution in [2.24, 2.45) is 0 Å². The molecular formula is C44H61N3O5S. The Hall–Kier alpha value is -3.85. The molecule has 4 aromatic rings. The third-order valence-corrected chi connectivity index (χ3v) is 10.3. The number of para-hydroxylation sites is 2. The van der Waals surface area contributed by atoms with Gasteiger partial charge in [0.25, 0.3) is 0 Å². The molecule has 2 heterocycles. The van der Waals surface area contributed by atoms with Crippen molar-refractivity contribution in [1.82, 2.24) is 15.0 Å². The molecule has 9 heteroatoms. The zero-order valence-electron chi connectivity index (χ0n) is 33.0. The standard InChI is InChI=1S/C44H61N3O5S/c1-7-10-11-12-13-14-15-16-17-18-19-20-21-25-33-26-24-29-37(50-8-2)39(33)41-38(43(49)52-31(4)5)32(6)45-36(40(41)42(48)51-9-3)30-53-44-46-34-27-22-23-28-35(34)47-44/h22-24,26-29,31H,7-21,25,30H2,1-6H3,(H,46,47). The number of unbranched alkanes of at least 4 members (excludes halogenated alkanes) is 12. The summed E-state index contributed by atoms with van der Waals surface area (Å²) in [4.78, 5) is 41.1. The van der Waals surface area contributed by atoms with E-state index >= 15 is 0 Å². The van der Waals surface area contributed by atoms with Gasteiger partial charge in [0.2, 0.25) is 0 Å². The average Bonchev–Trinajstić information content (AvgIpc) is 3.55. The smallest absolute Gasteiger partial charge is 0.340 e. The molecule has 0 atom stereocenters. The highest BCUT2D eigenvalue weighted by Crippen LogP contribution is 2.42. The monoisotopic (exact) mass is 743 g/mol. The molecule has 0 spiro atoms. The number of nitrogens with one attached hydrogen (secondary N) is 1. The number of thioether (sulfide) groups is 1. The van der Waals surface area contributed by atoms with Crippen LogP contribution in [0.15, 0.2) is 47.6 Å². The molecule has 8 nitrogen and oxygen atoms in total. The van der Waals surface area contributed by atoms with E-state index in [0.29, 0.717) is 40.2 Å².